The first-order valence-corrected chi connectivity index (χ1v) is 9.18. The van der Waals surface area contributed by atoms with Crippen LogP contribution in [0.2, 0.25) is 0 Å². The molecular weight excluding hydrogens is 260 g/mol. The molecule has 0 spiro atoms. The minimum atomic E-state index is 0.384. The number of nitrogens with one attached hydrogen (secondary N) is 1. The van der Waals surface area contributed by atoms with Gasteiger partial charge in [0.05, 0.1) is 0 Å². The lowest BCUT2D eigenvalue weighted by Crippen LogP contribution is -2.51. The Labute approximate surface area is 131 Å². The van der Waals surface area contributed by atoms with Gasteiger partial charge in [-0.1, -0.05) is 64.7 Å². The first-order chi connectivity index (χ1) is 10.4. The van der Waals surface area contributed by atoms with Gasteiger partial charge in [-0.05, 0) is 13.0 Å². The molecule has 1 radical (unpaired) electrons. The second kappa shape index (κ2) is 13.3. The quantitative estimate of drug-likeness (QED) is 0.526. The Kier molecular flexibility index (Phi) is 11.8. The third-order valence-electron chi connectivity index (χ3n) is 4.59. The Bertz CT molecular complexity index is 245. The molecule has 0 saturated carbocycles. The van der Waals surface area contributed by atoms with E-state index < -0.39 is 0 Å². The molecule has 0 aromatic carbocycles. The van der Waals surface area contributed by atoms with Gasteiger partial charge in [0.2, 0.25) is 0 Å². The van der Waals surface area contributed by atoms with Crippen molar-refractivity contribution < 1.29 is 4.79 Å². The molecule has 1 atom stereocenters. The molecule has 0 bridgehead atoms. The Hall–Kier alpha value is -0.410. The second-order valence-electron chi connectivity index (χ2n) is 6.42. The highest BCUT2D eigenvalue weighted by Gasteiger charge is 2.20. The number of hydrogen-bond acceptors (Lipinski definition) is 3. The molecule has 1 aliphatic heterocycles. The van der Waals surface area contributed by atoms with Gasteiger partial charge in [-0.2, -0.15) is 0 Å². The van der Waals surface area contributed by atoms with E-state index >= 15 is 0 Å². The van der Waals surface area contributed by atoms with Gasteiger partial charge >= 0.3 is 0 Å². The van der Waals surface area contributed by atoms with Crippen molar-refractivity contribution in [1.29, 1.82) is 0 Å². The monoisotopic (exact) mass is 295 g/mol. The average molecular weight is 295 g/mol. The normalized spacial score (nSPS) is 19.8. The van der Waals surface area contributed by atoms with Crippen LogP contribution in [0, 0.1) is 0 Å². The van der Waals surface area contributed by atoms with Crippen molar-refractivity contribution in [2.24, 2.45) is 0 Å². The Morgan fingerprint density at radius 2 is 1.62 bits per heavy atom. The summed E-state index contributed by atoms with van der Waals surface area (Å²) in [6.07, 6.45) is 16.5. The van der Waals surface area contributed by atoms with E-state index in [1.165, 1.54) is 64.2 Å². The molecule has 3 heteroatoms. The van der Waals surface area contributed by atoms with Crippen molar-refractivity contribution in [2.45, 2.75) is 83.6 Å². The van der Waals surface area contributed by atoms with E-state index in [1.54, 1.807) is 0 Å². The minimum Gasteiger partial charge on any atom is -0.314 e. The molecule has 21 heavy (non-hydrogen) atoms. The maximum Gasteiger partial charge on any atom is 0.200 e. The lowest BCUT2D eigenvalue weighted by molar-refractivity contribution is 0.161. The number of rotatable bonds is 13. The molecule has 0 aromatic rings. The molecule has 0 aliphatic carbocycles. The van der Waals surface area contributed by atoms with Crippen LogP contribution in [0.25, 0.3) is 0 Å². The highest BCUT2D eigenvalue weighted by Crippen LogP contribution is 2.12. The average Bonchev–Trinajstić information content (AvgIpc) is 2.51. The molecule has 3 nitrogen and oxygen atoms in total. The second-order valence-corrected chi connectivity index (χ2v) is 6.42. The summed E-state index contributed by atoms with van der Waals surface area (Å²) in [7, 11) is 0. The van der Waals surface area contributed by atoms with Gasteiger partial charge in [0.25, 0.3) is 0 Å². The van der Waals surface area contributed by atoms with Crippen molar-refractivity contribution in [3.05, 3.63) is 0 Å². The maximum absolute atomic E-state index is 10.6. The number of carbonyl (C=O) groups excluding carboxylic acids is 1. The zero-order valence-electron chi connectivity index (χ0n) is 14.0. The molecule has 0 amide bonds. The van der Waals surface area contributed by atoms with Gasteiger partial charge in [0, 0.05) is 32.1 Å². The highest BCUT2D eigenvalue weighted by atomic mass is 16.1. The Balaban J connectivity index is 1.92. The minimum absolute atomic E-state index is 0.384. The van der Waals surface area contributed by atoms with Gasteiger partial charge in [0.1, 0.15) is 0 Å². The molecule has 1 rings (SSSR count). The van der Waals surface area contributed by atoms with Crippen molar-refractivity contribution in [3.63, 3.8) is 0 Å². The molecule has 1 N–H and O–H groups in total. The van der Waals surface area contributed by atoms with Gasteiger partial charge < -0.3 is 5.32 Å². The van der Waals surface area contributed by atoms with Gasteiger partial charge in [-0.3, -0.25) is 9.69 Å². The van der Waals surface area contributed by atoms with E-state index in [1.807, 2.05) is 0 Å². The summed E-state index contributed by atoms with van der Waals surface area (Å²) in [6.45, 7) is 6.53. The highest BCUT2D eigenvalue weighted by molar-refractivity contribution is 5.51. The molecular formula is C18H35N2O. The standard InChI is InChI=1S/C18H35N2O/c1-2-3-4-5-6-7-8-9-10-11-14-20-15-13-19-17-18(20)12-16-21/h18-19H,2-15,17H2,1H3. The topological polar surface area (TPSA) is 32.3 Å². The van der Waals surface area contributed by atoms with Crippen molar-refractivity contribution >= 4 is 6.29 Å². The lowest BCUT2D eigenvalue weighted by Gasteiger charge is -2.35. The van der Waals surface area contributed by atoms with E-state index in [9.17, 15) is 4.79 Å². The third kappa shape index (κ3) is 9.26. The Morgan fingerprint density at radius 3 is 2.24 bits per heavy atom. The zero-order chi connectivity index (χ0) is 15.2. The van der Waals surface area contributed by atoms with Crippen molar-refractivity contribution in [3.8, 4) is 0 Å². The van der Waals surface area contributed by atoms with Crippen LogP contribution in [0.4, 0.5) is 0 Å². The number of nitrogens with zero attached hydrogens (tertiary/aromatic N) is 1. The van der Waals surface area contributed by atoms with Crippen molar-refractivity contribution in [1.82, 2.24) is 10.2 Å². The van der Waals surface area contributed by atoms with Crippen molar-refractivity contribution in [2.75, 3.05) is 26.2 Å². The van der Waals surface area contributed by atoms with E-state index in [0.717, 1.165) is 26.2 Å². The molecule has 1 saturated heterocycles. The molecule has 1 heterocycles. The number of hydrogen-bond donors (Lipinski definition) is 1. The van der Waals surface area contributed by atoms with E-state index in [-0.39, 0.29) is 0 Å². The fourth-order valence-electron chi connectivity index (χ4n) is 3.20. The fourth-order valence-corrected chi connectivity index (χ4v) is 3.20. The van der Waals surface area contributed by atoms with Gasteiger partial charge in [0.15, 0.2) is 6.29 Å². The SMILES string of the molecule is CCCCCCCCCCCCN1CCNCC1C[C]=O. The molecule has 1 fully saturated rings. The van der Waals surface area contributed by atoms with E-state index in [2.05, 4.69) is 23.4 Å². The van der Waals surface area contributed by atoms with Crippen LogP contribution in [0.3, 0.4) is 0 Å². The first kappa shape index (κ1) is 18.6. The summed E-state index contributed by atoms with van der Waals surface area (Å²) in [6, 6.07) is 0.384. The lowest BCUT2D eigenvalue weighted by atomic mass is 10.1. The summed E-state index contributed by atoms with van der Waals surface area (Å²) in [4.78, 5) is 13.1. The number of piperazine rings is 1. The fraction of sp³-hybridized carbons (Fsp3) is 0.944. The van der Waals surface area contributed by atoms with Crippen LogP contribution in [-0.2, 0) is 4.79 Å². The maximum atomic E-state index is 10.6. The summed E-state index contributed by atoms with van der Waals surface area (Å²) >= 11 is 0. The smallest absolute Gasteiger partial charge is 0.200 e. The third-order valence-corrected chi connectivity index (χ3v) is 4.59. The first-order valence-electron chi connectivity index (χ1n) is 9.18. The van der Waals surface area contributed by atoms with Crippen LogP contribution in [0.1, 0.15) is 77.6 Å². The van der Waals surface area contributed by atoms with Crippen LogP contribution in [0.15, 0.2) is 0 Å². The van der Waals surface area contributed by atoms with Crippen LogP contribution < -0.4 is 5.32 Å². The molecule has 123 valence electrons. The van der Waals surface area contributed by atoms with E-state index in [0.29, 0.717) is 12.5 Å². The predicted octanol–water partition coefficient (Wildman–Crippen LogP) is 3.68. The zero-order valence-corrected chi connectivity index (χ0v) is 14.0. The summed E-state index contributed by atoms with van der Waals surface area (Å²) in [5.74, 6) is 0. The summed E-state index contributed by atoms with van der Waals surface area (Å²) < 4.78 is 0. The number of unbranched alkanes of at least 4 members (excludes halogenated alkanes) is 9. The van der Waals surface area contributed by atoms with Crippen LogP contribution in [-0.4, -0.2) is 43.4 Å². The van der Waals surface area contributed by atoms with Crippen LogP contribution in [0.5, 0.6) is 0 Å². The van der Waals surface area contributed by atoms with Crippen LogP contribution >= 0.6 is 0 Å². The largest absolute Gasteiger partial charge is 0.314 e. The van der Waals surface area contributed by atoms with Gasteiger partial charge in [-0.25, -0.2) is 0 Å². The molecule has 0 aromatic heterocycles. The summed E-state index contributed by atoms with van der Waals surface area (Å²) in [5, 5.41) is 3.37. The van der Waals surface area contributed by atoms with Gasteiger partial charge in [-0.15, -0.1) is 0 Å². The molecule has 1 unspecified atom stereocenters. The predicted molar refractivity (Wildman–Crippen MR) is 90.4 cm³/mol. The summed E-state index contributed by atoms with van der Waals surface area (Å²) in [5.41, 5.74) is 0. The van der Waals surface area contributed by atoms with E-state index in [4.69, 9.17) is 0 Å². The molecule has 1 aliphatic rings. The Morgan fingerprint density at radius 1 is 1.00 bits per heavy atom.